The van der Waals surface area contributed by atoms with Gasteiger partial charge in [-0.05, 0) is 37.3 Å². The summed E-state index contributed by atoms with van der Waals surface area (Å²) in [7, 11) is 3.51. The minimum atomic E-state index is -0.0180. The molecule has 0 aromatic carbocycles. The van der Waals surface area contributed by atoms with Crippen molar-refractivity contribution in [1.29, 1.82) is 0 Å². The number of piperidine rings is 1. The second kappa shape index (κ2) is 9.75. The number of likely N-dealkylation sites (tertiary alicyclic amines) is 1. The zero-order chi connectivity index (χ0) is 19.9. The number of nitrogens with zero attached hydrogens (tertiary/aromatic N) is 4. The molecule has 0 aliphatic carbocycles. The second-order valence-corrected chi connectivity index (χ2v) is 8.08. The van der Waals surface area contributed by atoms with E-state index in [2.05, 4.69) is 27.3 Å². The smallest absolute Gasteiger partial charge is 0.319 e. The molecular formula is C21H33N5O2. The van der Waals surface area contributed by atoms with Crippen molar-refractivity contribution in [2.75, 3.05) is 45.2 Å². The van der Waals surface area contributed by atoms with E-state index in [1.165, 1.54) is 25.7 Å². The standard InChI is InChI=1S/C21H33N5O2/c1-24(2)21(28)26-13-9-18(10-14-26)20(27)23-16-17-7-8-19(22-15-17)25-11-5-3-4-6-12-25/h7-8,15,18H,3-6,9-14,16H2,1-2H3,(H,23,27). The lowest BCUT2D eigenvalue weighted by Gasteiger charge is -2.33. The first-order valence-electron chi connectivity index (χ1n) is 10.5. The van der Waals surface area contributed by atoms with E-state index >= 15 is 0 Å². The predicted molar refractivity (Wildman–Crippen MR) is 110 cm³/mol. The van der Waals surface area contributed by atoms with Gasteiger partial charge in [0, 0.05) is 58.9 Å². The van der Waals surface area contributed by atoms with Crippen molar-refractivity contribution in [3.8, 4) is 0 Å². The molecule has 0 unspecified atom stereocenters. The number of carbonyl (C=O) groups excluding carboxylic acids is 2. The molecule has 7 heteroatoms. The number of urea groups is 1. The van der Waals surface area contributed by atoms with E-state index in [0.717, 1.165) is 37.3 Å². The van der Waals surface area contributed by atoms with E-state index in [0.29, 0.717) is 19.6 Å². The van der Waals surface area contributed by atoms with Crippen molar-refractivity contribution in [3.05, 3.63) is 23.9 Å². The van der Waals surface area contributed by atoms with Crippen LogP contribution in [0.1, 0.15) is 44.1 Å². The summed E-state index contributed by atoms with van der Waals surface area (Å²) >= 11 is 0. The largest absolute Gasteiger partial charge is 0.357 e. The van der Waals surface area contributed by atoms with E-state index in [4.69, 9.17) is 0 Å². The number of pyridine rings is 1. The molecule has 2 aliphatic rings. The van der Waals surface area contributed by atoms with Crippen LogP contribution in [0, 0.1) is 5.92 Å². The Kier molecular flexibility index (Phi) is 7.12. The molecule has 1 N–H and O–H groups in total. The SMILES string of the molecule is CN(C)C(=O)N1CCC(C(=O)NCc2ccc(N3CCCCCC3)nc2)CC1. The molecule has 28 heavy (non-hydrogen) atoms. The summed E-state index contributed by atoms with van der Waals surface area (Å²) in [5.41, 5.74) is 1.02. The van der Waals surface area contributed by atoms with Crippen LogP contribution in [0.5, 0.6) is 0 Å². The number of nitrogens with one attached hydrogen (secondary N) is 1. The van der Waals surface area contributed by atoms with Gasteiger partial charge < -0.3 is 20.0 Å². The summed E-state index contributed by atoms with van der Waals surface area (Å²) < 4.78 is 0. The van der Waals surface area contributed by atoms with Crippen LogP contribution in [0.2, 0.25) is 0 Å². The van der Waals surface area contributed by atoms with Gasteiger partial charge in [-0.25, -0.2) is 9.78 Å². The molecule has 0 atom stereocenters. The fraction of sp³-hybridized carbons (Fsp3) is 0.667. The fourth-order valence-corrected chi connectivity index (χ4v) is 3.96. The minimum absolute atomic E-state index is 0.0180. The maximum atomic E-state index is 12.5. The van der Waals surface area contributed by atoms with Crippen LogP contribution in [-0.4, -0.2) is 67.0 Å². The Hall–Kier alpha value is -2.31. The van der Waals surface area contributed by atoms with Crippen LogP contribution in [0.4, 0.5) is 10.6 Å². The van der Waals surface area contributed by atoms with Gasteiger partial charge in [-0.1, -0.05) is 18.9 Å². The highest BCUT2D eigenvalue weighted by molar-refractivity contribution is 5.79. The zero-order valence-electron chi connectivity index (χ0n) is 17.2. The van der Waals surface area contributed by atoms with Crippen LogP contribution < -0.4 is 10.2 Å². The molecule has 3 rings (SSSR count). The van der Waals surface area contributed by atoms with Crippen LogP contribution in [0.15, 0.2) is 18.3 Å². The van der Waals surface area contributed by atoms with Crippen molar-refractivity contribution in [2.45, 2.75) is 45.1 Å². The predicted octanol–water partition coefficient (Wildman–Crippen LogP) is 2.47. The number of anilines is 1. The van der Waals surface area contributed by atoms with Gasteiger partial charge >= 0.3 is 6.03 Å². The molecule has 0 spiro atoms. The number of amides is 3. The number of carbonyl (C=O) groups is 2. The molecule has 7 nitrogen and oxygen atoms in total. The van der Waals surface area contributed by atoms with Gasteiger partial charge in [0.1, 0.15) is 5.82 Å². The van der Waals surface area contributed by atoms with Gasteiger partial charge in [-0.2, -0.15) is 0 Å². The Morgan fingerprint density at radius 1 is 1.07 bits per heavy atom. The number of hydrogen-bond donors (Lipinski definition) is 1. The lowest BCUT2D eigenvalue weighted by Crippen LogP contribution is -2.46. The highest BCUT2D eigenvalue weighted by atomic mass is 16.2. The first kappa shape index (κ1) is 20.4. The van der Waals surface area contributed by atoms with E-state index < -0.39 is 0 Å². The Balaban J connectivity index is 1.44. The van der Waals surface area contributed by atoms with Crippen LogP contribution in [0.3, 0.4) is 0 Å². The van der Waals surface area contributed by atoms with E-state index in [9.17, 15) is 9.59 Å². The molecule has 154 valence electrons. The summed E-state index contributed by atoms with van der Waals surface area (Å²) in [6.07, 6.45) is 8.40. The summed E-state index contributed by atoms with van der Waals surface area (Å²) in [4.78, 5) is 34.8. The van der Waals surface area contributed by atoms with Gasteiger partial charge in [-0.3, -0.25) is 4.79 Å². The molecule has 2 fully saturated rings. The van der Waals surface area contributed by atoms with Crippen LogP contribution in [-0.2, 0) is 11.3 Å². The number of hydrogen-bond acceptors (Lipinski definition) is 4. The zero-order valence-corrected chi connectivity index (χ0v) is 17.2. The maximum absolute atomic E-state index is 12.5. The van der Waals surface area contributed by atoms with Crippen molar-refractivity contribution < 1.29 is 9.59 Å². The minimum Gasteiger partial charge on any atom is -0.357 e. The van der Waals surface area contributed by atoms with Gasteiger partial charge in [0.2, 0.25) is 5.91 Å². The third-order valence-electron chi connectivity index (χ3n) is 5.72. The highest BCUT2D eigenvalue weighted by Crippen LogP contribution is 2.19. The molecule has 0 bridgehead atoms. The van der Waals surface area contributed by atoms with E-state index in [1.54, 1.807) is 19.0 Å². The molecule has 1 aromatic heterocycles. The molecular weight excluding hydrogens is 354 g/mol. The third kappa shape index (κ3) is 5.36. The van der Waals surface area contributed by atoms with Crippen LogP contribution >= 0.6 is 0 Å². The fourth-order valence-electron chi connectivity index (χ4n) is 3.96. The monoisotopic (exact) mass is 387 g/mol. The van der Waals surface area contributed by atoms with Crippen molar-refractivity contribution in [1.82, 2.24) is 20.1 Å². The number of rotatable bonds is 4. The molecule has 1 aromatic rings. The van der Waals surface area contributed by atoms with Crippen molar-refractivity contribution in [2.24, 2.45) is 5.92 Å². The Bertz CT molecular complexity index is 645. The van der Waals surface area contributed by atoms with E-state index in [-0.39, 0.29) is 17.9 Å². The highest BCUT2D eigenvalue weighted by Gasteiger charge is 2.27. The molecule has 3 heterocycles. The van der Waals surface area contributed by atoms with Crippen molar-refractivity contribution in [3.63, 3.8) is 0 Å². The Morgan fingerprint density at radius 2 is 1.75 bits per heavy atom. The first-order chi connectivity index (χ1) is 13.5. The first-order valence-corrected chi connectivity index (χ1v) is 10.5. The molecule has 0 radical (unpaired) electrons. The van der Waals surface area contributed by atoms with Gasteiger partial charge in [0.15, 0.2) is 0 Å². The quantitative estimate of drug-likeness (QED) is 0.862. The average Bonchev–Trinajstić information content (AvgIpc) is 3.01. The lowest BCUT2D eigenvalue weighted by atomic mass is 9.96. The molecule has 2 aliphatic heterocycles. The number of aromatic nitrogens is 1. The van der Waals surface area contributed by atoms with E-state index in [1.807, 2.05) is 11.1 Å². The Labute approximate surface area is 168 Å². The van der Waals surface area contributed by atoms with Gasteiger partial charge in [-0.15, -0.1) is 0 Å². The topological polar surface area (TPSA) is 68.8 Å². The van der Waals surface area contributed by atoms with Gasteiger partial charge in [0.05, 0.1) is 0 Å². The third-order valence-corrected chi connectivity index (χ3v) is 5.72. The lowest BCUT2D eigenvalue weighted by molar-refractivity contribution is -0.126. The second-order valence-electron chi connectivity index (χ2n) is 8.08. The summed E-state index contributed by atoms with van der Waals surface area (Å²) in [6, 6.07) is 4.15. The normalized spacial score (nSPS) is 18.5. The Morgan fingerprint density at radius 3 is 2.32 bits per heavy atom. The van der Waals surface area contributed by atoms with Crippen molar-refractivity contribution >= 4 is 17.8 Å². The molecule has 0 saturated carbocycles. The summed E-state index contributed by atoms with van der Waals surface area (Å²) in [5.74, 6) is 1.10. The summed E-state index contributed by atoms with van der Waals surface area (Å²) in [6.45, 7) is 3.95. The van der Waals surface area contributed by atoms with Gasteiger partial charge in [0.25, 0.3) is 0 Å². The average molecular weight is 388 g/mol. The maximum Gasteiger partial charge on any atom is 0.319 e. The molecule has 2 saturated heterocycles. The van der Waals surface area contributed by atoms with Crippen LogP contribution in [0.25, 0.3) is 0 Å². The summed E-state index contributed by atoms with van der Waals surface area (Å²) in [5, 5.41) is 3.04. The molecule has 3 amide bonds.